The summed E-state index contributed by atoms with van der Waals surface area (Å²) in [4.78, 5) is 26.0. The van der Waals surface area contributed by atoms with Gasteiger partial charge >= 0.3 is 11.8 Å². The molecule has 3 rings (SSSR count). The van der Waals surface area contributed by atoms with Crippen LogP contribution < -0.4 is 11.1 Å². The van der Waals surface area contributed by atoms with E-state index in [4.69, 9.17) is 9.15 Å². The second-order valence-corrected chi connectivity index (χ2v) is 6.59. The van der Waals surface area contributed by atoms with Crippen LogP contribution in [-0.2, 0) is 11.8 Å². The summed E-state index contributed by atoms with van der Waals surface area (Å²) in [6.45, 7) is 5.96. The molecule has 1 aromatic carbocycles. The molecule has 1 atom stereocenters. The molecule has 7 heteroatoms. The number of nitrogens with one attached hydrogen (secondary N) is 1. The topological polar surface area (TPSA) is 76.7 Å². The average Bonchev–Trinajstić information content (AvgIpc) is 2.81. The van der Waals surface area contributed by atoms with Crippen molar-refractivity contribution in [2.75, 3.05) is 25.1 Å². The highest BCUT2D eigenvalue weighted by Crippen LogP contribution is 2.20. The second kappa shape index (κ2) is 6.68. The average molecular weight is 333 g/mol. The van der Waals surface area contributed by atoms with Gasteiger partial charge in [0.1, 0.15) is 0 Å². The Morgan fingerprint density at radius 2 is 2.21 bits per heavy atom. The second-order valence-electron chi connectivity index (χ2n) is 6.59. The Morgan fingerprint density at radius 3 is 2.96 bits per heavy atom. The summed E-state index contributed by atoms with van der Waals surface area (Å²) in [5.41, 5.74) is 1.76. The van der Waals surface area contributed by atoms with Crippen molar-refractivity contribution in [2.24, 2.45) is 13.0 Å². The lowest BCUT2D eigenvalue weighted by atomic mass is 10.0. The Balaban J connectivity index is 1.76. The highest BCUT2D eigenvalue weighted by atomic mass is 16.5. The Bertz CT molecular complexity index is 793. The number of aryl methyl sites for hydroxylation is 1. The van der Waals surface area contributed by atoms with Gasteiger partial charge in [0.05, 0.1) is 24.8 Å². The van der Waals surface area contributed by atoms with Gasteiger partial charge < -0.3 is 19.4 Å². The molecule has 7 nitrogen and oxygen atoms in total. The summed E-state index contributed by atoms with van der Waals surface area (Å²) >= 11 is 0. The normalized spacial score (nSPS) is 18.3. The monoisotopic (exact) mass is 333 g/mol. The predicted octanol–water partition coefficient (Wildman–Crippen LogP) is 2.41. The zero-order chi connectivity index (χ0) is 17.3. The first-order valence-corrected chi connectivity index (χ1v) is 8.20. The molecule has 1 aliphatic heterocycles. The minimum absolute atomic E-state index is 0.0807. The van der Waals surface area contributed by atoms with Crippen molar-refractivity contribution in [3.8, 4) is 0 Å². The molecular weight excluding hydrogens is 310 g/mol. The van der Waals surface area contributed by atoms with Crippen LogP contribution in [0, 0.1) is 5.92 Å². The Labute approximate surface area is 140 Å². The third-order valence-electron chi connectivity index (χ3n) is 4.28. The number of oxazole rings is 1. The smallest absolute Gasteiger partial charge is 0.408 e. The Kier molecular flexibility index (Phi) is 4.62. The molecule has 1 saturated heterocycles. The quantitative estimate of drug-likeness (QED) is 0.936. The maximum atomic E-state index is 12.6. The number of rotatable bonds is 3. The number of hydrogen-bond donors (Lipinski definition) is 1. The SMILES string of the molecule is CC(C)CC1COCCN1C(=O)Nc1ccc2c(c1)oc(=O)n2C. The number of hydrogen-bond acceptors (Lipinski definition) is 4. The van der Waals surface area contributed by atoms with Crippen molar-refractivity contribution in [2.45, 2.75) is 26.3 Å². The van der Waals surface area contributed by atoms with E-state index in [0.29, 0.717) is 42.5 Å². The van der Waals surface area contributed by atoms with Crippen LogP contribution in [0.1, 0.15) is 20.3 Å². The number of nitrogens with zero attached hydrogens (tertiary/aromatic N) is 2. The van der Waals surface area contributed by atoms with Gasteiger partial charge in [-0.2, -0.15) is 0 Å². The van der Waals surface area contributed by atoms with Gasteiger partial charge in [-0.3, -0.25) is 4.57 Å². The van der Waals surface area contributed by atoms with Gasteiger partial charge in [0, 0.05) is 25.3 Å². The number of carbonyl (C=O) groups excluding carboxylic acids is 1. The first-order valence-electron chi connectivity index (χ1n) is 8.20. The molecule has 1 aliphatic rings. The zero-order valence-corrected chi connectivity index (χ0v) is 14.2. The molecule has 1 aromatic heterocycles. The summed E-state index contributed by atoms with van der Waals surface area (Å²) in [6, 6.07) is 5.14. The lowest BCUT2D eigenvalue weighted by Crippen LogP contribution is -2.50. The van der Waals surface area contributed by atoms with E-state index in [0.717, 1.165) is 6.42 Å². The van der Waals surface area contributed by atoms with Gasteiger partial charge in [0.2, 0.25) is 0 Å². The van der Waals surface area contributed by atoms with Gasteiger partial charge in [-0.05, 0) is 24.5 Å². The number of urea groups is 1. The fourth-order valence-corrected chi connectivity index (χ4v) is 3.07. The Morgan fingerprint density at radius 1 is 1.42 bits per heavy atom. The van der Waals surface area contributed by atoms with E-state index in [-0.39, 0.29) is 12.1 Å². The summed E-state index contributed by atoms with van der Waals surface area (Å²) in [6.07, 6.45) is 0.903. The maximum Gasteiger partial charge on any atom is 0.419 e. The lowest BCUT2D eigenvalue weighted by molar-refractivity contribution is 0.00857. The highest BCUT2D eigenvalue weighted by Gasteiger charge is 2.28. The highest BCUT2D eigenvalue weighted by molar-refractivity contribution is 5.91. The van der Waals surface area contributed by atoms with Gasteiger partial charge in [-0.15, -0.1) is 0 Å². The number of carbonyl (C=O) groups is 1. The molecule has 0 saturated carbocycles. The van der Waals surface area contributed by atoms with Crippen LogP contribution in [0.15, 0.2) is 27.4 Å². The first kappa shape index (κ1) is 16.6. The molecule has 2 heterocycles. The van der Waals surface area contributed by atoms with Crippen LogP contribution in [0.4, 0.5) is 10.5 Å². The van der Waals surface area contributed by atoms with Crippen LogP contribution in [0.2, 0.25) is 0 Å². The number of fused-ring (bicyclic) bond motifs is 1. The first-order chi connectivity index (χ1) is 11.5. The van der Waals surface area contributed by atoms with Crippen LogP contribution in [0.25, 0.3) is 11.1 Å². The fourth-order valence-electron chi connectivity index (χ4n) is 3.07. The van der Waals surface area contributed by atoms with Crippen LogP contribution in [0.3, 0.4) is 0 Å². The molecule has 0 aliphatic carbocycles. The largest absolute Gasteiger partial charge is 0.419 e. The van der Waals surface area contributed by atoms with E-state index in [1.54, 1.807) is 25.2 Å². The Hall–Kier alpha value is -2.28. The van der Waals surface area contributed by atoms with Crippen molar-refractivity contribution in [1.29, 1.82) is 0 Å². The van der Waals surface area contributed by atoms with Gasteiger partial charge in [-0.25, -0.2) is 9.59 Å². The molecular formula is C17H23N3O4. The maximum absolute atomic E-state index is 12.6. The molecule has 0 spiro atoms. The van der Waals surface area contributed by atoms with Gasteiger partial charge in [0.25, 0.3) is 0 Å². The van der Waals surface area contributed by atoms with Gasteiger partial charge in [-0.1, -0.05) is 13.8 Å². The predicted molar refractivity (Wildman–Crippen MR) is 91.2 cm³/mol. The van der Waals surface area contributed by atoms with Crippen molar-refractivity contribution < 1.29 is 13.9 Å². The third-order valence-corrected chi connectivity index (χ3v) is 4.28. The van der Waals surface area contributed by atoms with E-state index >= 15 is 0 Å². The fraction of sp³-hybridized carbons (Fsp3) is 0.529. The minimum Gasteiger partial charge on any atom is -0.408 e. The molecule has 24 heavy (non-hydrogen) atoms. The van der Waals surface area contributed by atoms with E-state index in [2.05, 4.69) is 19.2 Å². The van der Waals surface area contributed by atoms with Crippen molar-refractivity contribution >= 4 is 22.8 Å². The van der Waals surface area contributed by atoms with Crippen molar-refractivity contribution in [3.63, 3.8) is 0 Å². The van der Waals surface area contributed by atoms with Gasteiger partial charge in [0.15, 0.2) is 5.58 Å². The molecule has 0 radical (unpaired) electrons. The molecule has 2 aromatic rings. The molecule has 1 fully saturated rings. The number of ether oxygens (including phenoxy) is 1. The number of benzene rings is 1. The third kappa shape index (κ3) is 3.31. The number of morpholine rings is 1. The molecule has 130 valence electrons. The zero-order valence-electron chi connectivity index (χ0n) is 14.2. The van der Waals surface area contributed by atoms with Crippen LogP contribution >= 0.6 is 0 Å². The summed E-state index contributed by atoms with van der Waals surface area (Å²) < 4.78 is 12.1. The van der Waals surface area contributed by atoms with E-state index < -0.39 is 5.76 Å². The molecule has 1 unspecified atom stereocenters. The van der Waals surface area contributed by atoms with E-state index in [1.807, 2.05) is 4.90 Å². The lowest BCUT2D eigenvalue weighted by Gasteiger charge is -2.36. The summed E-state index contributed by atoms with van der Waals surface area (Å²) in [7, 11) is 1.65. The summed E-state index contributed by atoms with van der Waals surface area (Å²) in [5.74, 6) is 0.0700. The molecule has 0 bridgehead atoms. The minimum atomic E-state index is -0.418. The molecule has 1 N–H and O–H groups in total. The van der Waals surface area contributed by atoms with E-state index in [9.17, 15) is 9.59 Å². The number of aromatic nitrogens is 1. The van der Waals surface area contributed by atoms with Crippen LogP contribution in [-0.4, -0.2) is 41.3 Å². The molecule has 2 amide bonds. The van der Waals surface area contributed by atoms with Crippen LogP contribution in [0.5, 0.6) is 0 Å². The number of amides is 2. The summed E-state index contributed by atoms with van der Waals surface area (Å²) in [5, 5.41) is 2.90. The van der Waals surface area contributed by atoms with Crippen molar-refractivity contribution in [3.05, 3.63) is 28.7 Å². The van der Waals surface area contributed by atoms with Crippen molar-refractivity contribution in [1.82, 2.24) is 9.47 Å². The van der Waals surface area contributed by atoms with E-state index in [1.165, 1.54) is 4.57 Å². The number of anilines is 1. The standard InChI is InChI=1S/C17H23N3O4/c1-11(2)8-13-10-23-7-6-20(13)16(21)18-12-4-5-14-15(9-12)24-17(22)19(14)3/h4-5,9,11,13H,6-8,10H2,1-3H3,(H,18,21).